The summed E-state index contributed by atoms with van der Waals surface area (Å²) in [5.41, 5.74) is 4.72. The highest BCUT2D eigenvalue weighted by Gasteiger charge is 2.58. The van der Waals surface area contributed by atoms with Gasteiger partial charge in [-0.05, 0) is 94.2 Å². The second-order valence-electron chi connectivity index (χ2n) is 10.3. The summed E-state index contributed by atoms with van der Waals surface area (Å²) in [7, 11) is 0. The van der Waals surface area contributed by atoms with Crippen LogP contribution in [-0.4, -0.2) is 11.3 Å². The summed E-state index contributed by atoms with van der Waals surface area (Å²) in [6.07, 6.45) is 8.80. The van der Waals surface area contributed by atoms with Gasteiger partial charge < -0.3 is 5.32 Å². The molecule has 0 amide bonds. The first-order valence-electron chi connectivity index (χ1n) is 10.4. The largest absolute Gasteiger partial charge is 0.379 e. The van der Waals surface area contributed by atoms with Crippen LogP contribution in [0.2, 0.25) is 0 Å². The maximum atomic E-state index is 13.5. The number of allylic oxidation sites excluding steroid dienone is 1. The number of nitrogens with zero attached hydrogens (tertiary/aromatic N) is 1. The monoisotopic (exact) mass is 360 g/mol. The Kier molecular flexibility index (Phi) is 3.46. The molecule has 0 spiro atoms. The van der Waals surface area contributed by atoms with Crippen molar-refractivity contribution in [2.45, 2.75) is 64.8 Å². The Morgan fingerprint density at radius 2 is 1.93 bits per heavy atom. The molecule has 4 bridgehead atoms. The molecule has 0 saturated heterocycles. The van der Waals surface area contributed by atoms with Crippen LogP contribution in [0.3, 0.4) is 0 Å². The van der Waals surface area contributed by atoms with Crippen LogP contribution in [0.1, 0.15) is 68.2 Å². The minimum absolute atomic E-state index is 0.0930. The van der Waals surface area contributed by atoms with Gasteiger partial charge in [-0.15, -0.1) is 0 Å². The fourth-order valence-corrected chi connectivity index (χ4v) is 6.75. The molecule has 1 aromatic rings. The van der Waals surface area contributed by atoms with Crippen LogP contribution in [0.15, 0.2) is 18.2 Å². The van der Waals surface area contributed by atoms with Gasteiger partial charge in [-0.25, -0.2) is 0 Å². The lowest BCUT2D eigenvalue weighted by Gasteiger charge is -2.38. The fraction of sp³-hybridized carbons (Fsp3) is 0.583. The Bertz CT molecular complexity index is 898. The van der Waals surface area contributed by atoms with Crippen LogP contribution in [0, 0.1) is 41.4 Å². The van der Waals surface area contributed by atoms with Crippen LogP contribution in [0.5, 0.6) is 0 Å². The zero-order valence-electron chi connectivity index (χ0n) is 16.6. The SMILES string of the molecule is Cc1cc2c(cc1C#N)/C(=C/C(=O)C13CC4CC(C1)C(C4)C3)NC(C)(C)C2. The van der Waals surface area contributed by atoms with E-state index in [2.05, 4.69) is 31.3 Å². The second kappa shape index (κ2) is 5.47. The molecule has 27 heavy (non-hydrogen) atoms. The molecule has 1 aliphatic heterocycles. The summed E-state index contributed by atoms with van der Waals surface area (Å²) < 4.78 is 0. The lowest BCUT2D eigenvalue weighted by molar-refractivity contribution is -0.126. The van der Waals surface area contributed by atoms with Crippen molar-refractivity contribution < 1.29 is 4.79 Å². The van der Waals surface area contributed by atoms with Crippen LogP contribution in [0.4, 0.5) is 0 Å². The number of rotatable bonds is 2. The Morgan fingerprint density at radius 1 is 1.22 bits per heavy atom. The van der Waals surface area contributed by atoms with Gasteiger partial charge in [0, 0.05) is 28.3 Å². The molecule has 4 fully saturated rings. The molecule has 3 heteroatoms. The van der Waals surface area contributed by atoms with Crippen LogP contribution in [-0.2, 0) is 11.2 Å². The highest BCUT2D eigenvalue weighted by Crippen LogP contribution is 2.64. The molecule has 0 aromatic heterocycles. The quantitative estimate of drug-likeness (QED) is 0.789. The lowest BCUT2D eigenvalue weighted by atomic mass is 9.67. The molecular weight excluding hydrogens is 332 g/mol. The molecule has 140 valence electrons. The van der Waals surface area contributed by atoms with Crippen molar-refractivity contribution in [3.8, 4) is 6.07 Å². The minimum atomic E-state index is -0.101. The zero-order chi connectivity index (χ0) is 19.0. The molecule has 3 nitrogen and oxygen atoms in total. The Balaban J connectivity index is 1.55. The minimum Gasteiger partial charge on any atom is -0.379 e. The number of hydrogen-bond acceptors (Lipinski definition) is 3. The first kappa shape index (κ1) is 17.0. The van der Waals surface area contributed by atoms with E-state index in [0.717, 1.165) is 60.3 Å². The van der Waals surface area contributed by atoms with Crippen LogP contribution < -0.4 is 5.32 Å². The lowest BCUT2D eigenvalue weighted by Crippen LogP contribution is -2.44. The van der Waals surface area contributed by atoms with Crippen molar-refractivity contribution >= 4 is 11.5 Å². The van der Waals surface area contributed by atoms with Crippen molar-refractivity contribution in [3.63, 3.8) is 0 Å². The topological polar surface area (TPSA) is 52.9 Å². The van der Waals surface area contributed by atoms with Crippen molar-refractivity contribution in [1.82, 2.24) is 5.32 Å². The standard InChI is InChI=1S/C24H28N2O/c1-14-4-18-10-23(2,3)26-21(20(18)7-19(14)13-25)8-22(27)24-9-15-5-16(11-24)17(6-15)12-24/h4,7-8,15-17,26H,5-6,9-12H2,1-3H3/b21-8-. The highest BCUT2D eigenvalue weighted by atomic mass is 16.1. The molecule has 6 rings (SSSR count). The fourth-order valence-electron chi connectivity index (χ4n) is 6.75. The third-order valence-electron chi connectivity index (χ3n) is 7.69. The third-order valence-corrected chi connectivity index (χ3v) is 7.69. The van der Waals surface area contributed by atoms with Gasteiger partial charge in [0.1, 0.15) is 0 Å². The first-order chi connectivity index (χ1) is 12.8. The summed E-state index contributed by atoms with van der Waals surface area (Å²) >= 11 is 0. The van der Waals surface area contributed by atoms with Gasteiger partial charge in [-0.3, -0.25) is 4.79 Å². The van der Waals surface area contributed by atoms with Gasteiger partial charge in [0.15, 0.2) is 5.78 Å². The summed E-state index contributed by atoms with van der Waals surface area (Å²) in [5.74, 6) is 2.69. The molecule has 0 radical (unpaired) electrons. The van der Waals surface area contributed by atoms with Gasteiger partial charge >= 0.3 is 0 Å². The van der Waals surface area contributed by atoms with Gasteiger partial charge in [0.25, 0.3) is 0 Å². The molecule has 2 atom stereocenters. The second-order valence-corrected chi connectivity index (χ2v) is 10.3. The average molecular weight is 361 g/mol. The van der Waals surface area contributed by atoms with Gasteiger partial charge in [-0.2, -0.15) is 5.26 Å². The van der Waals surface area contributed by atoms with E-state index in [-0.39, 0.29) is 11.0 Å². The van der Waals surface area contributed by atoms with E-state index in [1.165, 1.54) is 18.4 Å². The summed E-state index contributed by atoms with van der Waals surface area (Å²) in [6.45, 7) is 6.36. The molecule has 4 saturated carbocycles. The number of benzene rings is 1. The Morgan fingerprint density at radius 3 is 2.56 bits per heavy atom. The van der Waals surface area contributed by atoms with E-state index in [1.807, 2.05) is 19.1 Å². The molecule has 4 aliphatic carbocycles. The van der Waals surface area contributed by atoms with Crippen molar-refractivity contribution in [3.05, 3.63) is 40.5 Å². The van der Waals surface area contributed by atoms with Gasteiger partial charge in [0.2, 0.25) is 0 Å². The molecule has 1 heterocycles. The van der Waals surface area contributed by atoms with E-state index in [1.54, 1.807) is 0 Å². The molecule has 5 aliphatic rings. The number of aryl methyl sites for hydroxylation is 1. The predicted octanol–water partition coefficient (Wildman–Crippen LogP) is 4.53. The van der Waals surface area contributed by atoms with Crippen molar-refractivity contribution in [1.29, 1.82) is 5.26 Å². The number of hydrogen-bond donors (Lipinski definition) is 1. The number of carbonyl (C=O) groups is 1. The number of nitrogens with one attached hydrogen (secondary N) is 1. The summed E-state index contributed by atoms with van der Waals surface area (Å²) in [5, 5.41) is 13.1. The van der Waals surface area contributed by atoms with Gasteiger partial charge in [-0.1, -0.05) is 6.07 Å². The maximum absolute atomic E-state index is 13.5. The highest BCUT2D eigenvalue weighted by molar-refractivity contribution is 6.01. The Labute approximate surface area is 161 Å². The number of fused-ring (bicyclic) bond motifs is 1. The van der Waals surface area contributed by atoms with E-state index in [0.29, 0.717) is 11.3 Å². The normalized spacial score (nSPS) is 36.4. The zero-order valence-corrected chi connectivity index (χ0v) is 16.6. The van der Waals surface area contributed by atoms with E-state index >= 15 is 0 Å². The van der Waals surface area contributed by atoms with E-state index < -0.39 is 0 Å². The molecule has 2 unspecified atom stereocenters. The van der Waals surface area contributed by atoms with Crippen molar-refractivity contribution in [2.75, 3.05) is 0 Å². The molecule has 1 aromatic carbocycles. The summed E-state index contributed by atoms with van der Waals surface area (Å²) in [6, 6.07) is 6.41. The van der Waals surface area contributed by atoms with E-state index in [9.17, 15) is 10.1 Å². The molecule has 1 N–H and O–H groups in total. The Hall–Kier alpha value is -2.08. The van der Waals surface area contributed by atoms with Crippen molar-refractivity contribution in [2.24, 2.45) is 23.2 Å². The van der Waals surface area contributed by atoms with E-state index in [4.69, 9.17) is 0 Å². The first-order valence-corrected chi connectivity index (χ1v) is 10.4. The predicted molar refractivity (Wildman–Crippen MR) is 106 cm³/mol. The third kappa shape index (κ3) is 2.57. The number of nitriles is 1. The smallest absolute Gasteiger partial charge is 0.163 e. The van der Waals surface area contributed by atoms with Crippen LogP contribution >= 0.6 is 0 Å². The molecular formula is C24H28N2O. The average Bonchev–Trinajstić information content (AvgIpc) is 3.00. The maximum Gasteiger partial charge on any atom is 0.163 e. The number of carbonyl (C=O) groups excluding carboxylic acids is 1. The number of ketones is 1. The van der Waals surface area contributed by atoms with Crippen LogP contribution in [0.25, 0.3) is 5.70 Å². The van der Waals surface area contributed by atoms with Gasteiger partial charge in [0.05, 0.1) is 11.6 Å². The summed E-state index contributed by atoms with van der Waals surface area (Å²) in [4.78, 5) is 13.5.